The molecule has 2 heterocycles. The van der Waals surface area contributed by atoms with Crippen LogP contribution < -0.4 is 11.0 Å². The highest BCUT2D eigenvalue weighted by Crippen LogP contribution is 2.27. The van der Waals surface area contributed by atoms with Crippen LogP contribution >= 0.6 is 0 Å². The normalized spacial score (nSPS) is 12.7. The molecule has 0 spiro atoms. The smallest absolute Gasteiger partial charge is 0.329 e. The van der Waals surface area contributed by atoms with Crippen molar-refractivity contribution in [1.82, 2.24) is 24.0 Å². The summed E-state index contributed by atoms with van der Waals surface area (Å²) in [5.41, 5.74) is 2.02. The summed E-state index contributed by atoms with van der Waals surface area (Å²) in [6.45, 7) is 1.33. The Balaban J connectivity index is 1.52. The Morgan fingerprint density at radius 1 is 1.03 bits per heavy atom. The van der Waals surface area contributed by atoms with Gasteiger partial charge in [-0.3, -0.25) is 18.5 Å². The number of hydrogen-bond donors (Lipinski definition) is 1. The maximum absolute atomic E-state index is 13.7. The van der Waals surface area contributed by atoms with Crippen LogP contribution in [-0.2, 0) is 17.9 Å². The number of aryl methyl sites for hydroxylation is 1. The van der Waals surface area contributed by atoms with Gasteiger partial charge in [0.05, 0.1) is 22.1 Å². The summed E-state index contributed by atoms with van der Waals surface area (Å²) in [7, 11) is 0. The Morgan fingerprint density at radius 2 is 1.65 bits per heavy atom. The number of halogens is 2. The lowest BCUT2D eigenvalue weighted by atomic mass is 10.1. The standard InChI is InChI=1S/C22H23F2N5O2/c1-3-27-17-10-6-7-11-18(17)28(22(27)31)13-19(30)25-12-14(2)20-26-15-8-4-5-9-16(15)29(20)21(23)24/h4-11,14,21H,3,12-13H2,1-2H3,(H,25,30). The van der Waals surface area contributed by atoms with Gasteiger partial charge in [0.15, 0.2) is 0 Å². The molecule has 0 aliphatic carbocycles. The summed E-state index contributed by atoms with van der Waals surface area (Å²) in [6.07, 6.45) is 0. The lowest BCUT2D eigenvalue weighted by Gasteiger charge is -2.15. The Labute approximate surface area is 176 Å². The fourth-order valence-electron chi connectivity index (χ4n) is 3.90. The lowest BCUT2D eigenvalue weighted by Crippen LogP contribution is -2.35. The third-order valence-corrected chi connectivity index (χ3v) is 5.41. The largest absolute Gasteiger partial charge is 0.354 e. The number of carbonyl (C=O) groups excluding carboxylic acids is 1. The van der Waals surface area contributed by atoms with Gasteiger partial charge < -0.3 is 5.32 Å². The molecule has 2 aromatic heterocycles. The van der Waals surface area contributed by atoms with Crippen LogP contribution in [0.1, 0.15) is 32.1 Å². The quantitative estimate of drug-likeness (QED) is 0.491. The number of aromatic nitrogens is 4. The van der Waals surface area contributed by atoms with E-state index >= 15 is 0 Å². The second kappa shape index (κ2) is 8.33. The number of rotatable bonds is 7. The number of alkyl halides is 2. The lowest BCUT2D eigenvalue weighted by molar-refractivity contribution is -0.121. The van der Waals surface area contributed by atoms with Crippen molar-refractivity contribution in [2.24, 2.45) is 0 Å². The van der Waals surface area contributed by atoms with Gasteiger partial charge >= 0.3 is 12.2 Å². The van der Waals surface area contributed by atoms with Gasteiger partial charge in [0.2, 0.25) is 5.91 Å². The van der Waals surface area contributed by atoms with E-state index in [1.165, 1.54) is 4.57 Å². The molecule has 0 radical (unpaired) electrons. The van der Waals surface area contributed by atoms with Crippen LogP contribution in [0.4, 0.5) is 8.78 Å². The summed E-state index contributed by atoms with van der Waals surface area (Å²) in [6, 6.07) is 14.0. The van der Waals surface area contributed by atoms with E-state index in [9.17, 15) is 18.4 Å². The van der Waals surface area contributed by atoms with E-state index in [4.69, 9.17) is 0 Å². The first-order valence-corrected chi connectivity index (χ1v) is 10.1. The molecule has 1 unspecified atom stereocenters. The molecule has 1 amide bonds. The van der Waals surface area contributed by atoms with Crippen molar-refractivity contribution in [1.29, 1.82) is 0 Å². The number of nitrogens with one attached hydrogen (secondary N) is 1. The van der Waals surface area contributed by atoms with E-state index in [0.29, 0.717) is 23.1 Å². The zero-order valence-electron chi connectivity index (χ0n) is 17.3. The molecule has 0 fully saturated rings. The first-order valence-electron chi connectivity index (χ1n) is 10.1. The van der Waals surface area contributed by atoms with Crippen LogP contribution in [0.15, 0.2) is 53.3 Å². The summed E-state index contributed by atoms with van der Waals surface area (Å²) in [4.78, 5) is 29.6. The van der Waals surface area contributed by atoms with Gasteiger partial charge in [-0.2, -0.15) is 8.78 Å². The van der Waals surface area contributed by atoms with E-state index in [1.54, 1.807) is 41.8 Å². The van der Waals surface area contributed by atoms with Crippen molar-refractivity contribution >= 4 is 28.0 Å². The molecule has 0 aliphatic rings. The van der Waals surface area contributed by atoms with Crippen molar-refractivity contribution in [2.75, 3.05) is 6.54 Å². The first kappa shape index (κ1) is 20.8. The van der Waals surface area contributed by atoms with Crippen molar-refractivity contribution in [2.45, 2.75) is 39.4 Å². The molecule has 2 aromatic carbocycles. The van der Waals surface area contributed by atoms with Crippen molar-refractivity contribution in [3.8, 4) is 0 Å². The third-order valence-electron chi connectivity index (χ3n) is 5.41. The van der Waals surface area contributed by atoms with Gasteiger partial charge in [-0.1, -0.05) is 31.2 Å². The van der Waals surface area contributed by atoms with E-state index in [-0.39, 0.29) is 30.5 Å². The van der Waals surface area contributed by atoms with Crippen molar-refractivity contribution in [3.63, 3.8) is 0 Å². The number of nitrogens with zero attached hydrogens (tertiary/aromatic N) is 4. The van der Waals surface area contributed by atoms with Gasteiger partial charge in [0.25, 0.3) is 0 Å². The predicted octanol–water partition coefficient (Wildman–Crippen LogP) is 3.49. The average molecular weight is 427 g/mol. The maximum atomic E-state index is 13.7. The van der Waals surface area contributed by atoms with E-state index in [1.807, 2.05) is 25.1 Å². The van der Waals surface area contributed by atoms with Crippen LogP contribution in [-0.4, -0.2) is 31.1 Å². The Bertz CT molecular complexity index is 1300. The van der Waals surface area contributed by atoms with Gasteiger partial charge in [0, 0.05) is 19.0 Å². The highest BCUT2D eigenvalue weighted by molar-refractivity contribution is 5.81. The van der Waals surface area contributed by atoms with Crippen molar-refractivity contribution in [3.05, 3.63) is 64.8 Å². The zero-order valence-corrected chi connectivity index (χ0v) is 17.3. The number of hydrogen-bond acceptors (Lipinski definition) is 3. The molecule has 9 heteroatoms. The van der Waals surface area contributed by atoms with Crippen LogP contribution in [0, 0.1) is 0 Å². The molecule has 0 aliphatic heterocycles. The maximum Gasteiger partial charge on any atom is 0.329 e. The Morgan fingerprint density at radius 3 is 2.29 bits per heavy atom. The van der Waals surface area contributed by atoms with Gasteiger partial charge in [-0.05, 0) is 31.2 Å². The van der Waals surface area contributed by atoms with E-state index in [0.717, 1.165) is 10.1 Å². The van der Waals surface area contributed by atoms with Crippen LogP contribution in [0.25, 0.3) is 22.1 Å². The molecule has 4 aromatic rings. The predicted molar refractivity (Wildman–Crippen MR) is 114 cm³/mol. The van der Waals surface area contributed by atoms with Crippen molar-refractivity contribution < 1.29 is 13.6 Å². The third kappa shape index (κ3) is 3.71. The highest BCUT2D eigenvalue weighted by atomic mass is 19.3. The molecule has 1 atom stereocenters. The summed E-state index contributed by atoms with van der Waals surface area (Å²) >= 11 is 0. The highest BCUT2D eigenvalue weighted by Gasteiger charge is 2.22. The molecule has 0 saturated carbocycles. The second-order valence-electron chi connectivity index (χ2n) is 7.41. The second-order valence-corrected chi connectivity index (χ2v) is 7.41. The molecule has 0 bridgehead atoms. The minimum Gasteiger partial charge on any atom is -0.354 e. The van der Waals surface area contributed by atoms with E-state index in [2.05, 4.69) is 10.3 Å². The molecule has 7 nitrogen and oxygen atoms in total. The van der Waals surface area contributed by atoms with Crippen LogP contribution in [0.5, 0.6) is 0 Å². The summed E-state index contributed by atoms with van der Waals surface area (Å²) in [5.74, 6) is -0.608. The van der Waals surface area contributed by atoms with E-state index < -0.39 is 12.5 Å². The zero-order chi connectivity index (χ0) is 22.1. The Hall–Kier alpha value is -3.49. The minimum absolute atomic E-state index is 0.121. The van der Waals surface area contributed by atoms with Gasteiger partial charge in [-0.25, -0.2) is 9.78 Å². The number of carbonyl (C=O) groups is 1. The minimum atomic E-state index is -2.74. The first-order chi connectivity index (χ1) is 14.9. The molecule has 162 valence electrons. The SMILES string of the molecule is CCn1c(=O)n(CC(=O)NCC(C)c2nc3ccccc3n2C(F)F)c2ccccc21. The number of amides is 1. The van der Waals surface area contributed by atoms with Gasteiger partial charge in [0.1, 0.15) is 12.4 Å². The van der Waals surface area contributed by atoms with Gasteiger partial charge in [-0.15, -0.1) is 0 Å². The fraction of sp³-hybridized carbons (Fsp3) is 0.318. The molecular weight excluding hydrogens is 404 g/mol. The fourth-order valence-corrected chi connectivity index (χ4v) is 3.90. The number of para-hydroxylation sites is 4. The monoisotopic (exact) mass is 427 g/mol. The molecule has 0 saturated heterocycles. The summed E-state index contributed by atoms with van der Waals surface area (Å²) in [5, 5.41) is 2.75. The average Bonchev–Trinajstić information content (AvgIpc) is 3.28. The number of fused-ring (bicyclic) bond motifs is 2. The molecule has 1 N–H and O–H groups in total. The topological polar surface area (TPSA) is 73.8 Å². The molecular formula is C22H23F2N5O2. The molecule has 31 heavy (non-hydrogen) atoms. The summed E-state index contributed by atoms with van der Waals surface area (Å²) < 4.78 is 31.2. The van der Waals surface area contributed by atoms with Crippen LogP contribution in [0.3, 0.4) is 0 Å². The number of imidazole rings is 2. The van der Waals surface area contributed by atoms with Crippen LogP contribution in [0.2, 0.25) is 0 Å². The Kier molecular flexibility index (Phi) is 5.58. The number of benzene rings is 2. The molecule has 4 rings (SSSR count).